The number of nitrogens with zero attached hydrogens (tertiary/aromatic N) is 1. The van der Waals surface area contributed by atoms with Gasteiger partial charge in [-0.05, 0) is 43.2 Å². The Balaban J connectivity index is 1.77. The van der Waals surface area contributed by atoms with Crippen LogP contribution in [0, 0.1) is 11.7 Å². The molecular weight excluding hydrogens is 479 g/mol. The average Bonchev–Trinajstić information content (AvgIpc) is 2.75. The van der Waals surface area contributed by atoms with E-state index in [1.165, 1.54) is 48.9 Å². The zero-order chi connectivity index (χ0) is 21.9. The number of hydrogen-bond acceptors (Lipinski definition) is 5. The highest BCUT2D eigenvalue weighted by molar-refractivity contribution is 9.10. The predicted octanol–water partition coefficient (Wildman–Crippen LogP) is 3.64. The molecule has 0 spiro atoms. The molecule has 0 aromatic heterocycles. The maximum atomic E-state index is 14.0. The summed E-state index contributed by atoms with van der Waals surface area (Å²) >= 11 is 3.17. The van der Waals surface area contributed by atoms with Gasteiger partial charge in [0.2, 0.25) is 15.9 Å². The number of nitrogens with one attached hydrogen (secondary N) is 1. The predicted molar refractivity (Wildman–Crippen MR) is 114 cm³/mol. The molecule has 1 heterocycles. The molecule has 0 radical (unpaired) electrons. The zero-order valence-electron chi connectivity index (χ0n) is 16.5. The van der Waals surface area contributed by atoms with E-state index >= 15 is 0 Å². The number of rotatable bonds is 6. The minimum Gasteiger partial charge on any atom is -0.493 e. The molecule has 0 bridgehead atoms. The number of benzene rings is 2. The normalized spacial score (nSPS) is 17.4. The lowest BCUT2D eigenvalue weighted by Gasteiger charge is -2.31. The fourth-order valence-corrected chi connectivity index (χ4v) is 5.20. The third-order valence-electron chi connectivity index (χ3n) is 4.94. The number of methoxy groups -OCH3 is 2. The van der Waals surface area contributed by atoms with Gasteiger partial charge in [0.25, 0.3) is 0 Å². The monoisotopic (exact) mass is 500 g/mol. The van der Waals surface area contributed by atoms with Gasteiger partial charge in [-0.3, -0.25) is 4.79 Å². The van der Waals surface area contributed by atoms with Gasteiger partial charge in [0.1, 0.15) is 5.82 Å². The fraction of sp³-hybridized carbons (Fsp3) is 0.350. The lowest BCUT2D eigenvalue weighted by molar-refractivity contribution is -0.120. The van der Waals surface area contributed by atoms with Crippen molar-refractivity contribution in [1.82, 2.24) is 4.31 Å². The molecule has 0 unspecified atom stereocenters. The topological polar surface area (TPSA) is 84.9 Å². The molecule has 1 aliphatic heterocycles. The van der Waals surface area contributed by atoms with Crippen molar-refractivity contribution in [3.05, 3.63) is 46.7 Å². The summed E-state index contributed by atoms with van der Waals surface area (Å²) in [5, 5.41) is 2.56. The number of piperidine rings is 1. The molecule has 0 saturated carbocycles. The van der Waals surface area contributed by atoms with Crippen molar-refractivity contribution in [2.24, 2.45) is 5.92 Å². The first-order valence-corrected chi connectivity index (χ1v) is 11.5. The minimum absolute atomic E-state index is 0.0145. The second kappa shape index (κ2) is 9.32. The molecule has 7 nitrogen and oxygen atoms in total. The third-order valence-corrected chi connectivity index (χ3v) is 7.29. The Morgan fingerprint density at radius 2 is 1.90 bits per heavy atom. The molecule has 1 atom stereocenters. The van der Waals surface area contributed by atoms with Gasteiger partial charge in [-0.15, -0.1) is 0 Å². The standard InChI is InChI=1S/C20H22BrFN2O5S/c1-28-18-8-6-15(11-19(18)29-2)30(26,27)24-9-3-4-13(12-24)20(25)23-17-7-5-14(21)10-16(17)22/h5-8,10-11,13H,3-4,9,12H2,1-2H3,(H,23,25)/t13-/m0/s1. The van der Waals surface area contributed by atoms with Crippen LogP contribution in [0.4, 0.5) is 10.1 Å². The van der Waals surface area contributed by atoms with E-state index in [-0.39, 0.29) is 17.1 Å². The summed E-state index contributed by atoms with van der Waals surface area (Å²) in [6.45, 7) is 0.313. The van der Waals surface area contributed by atoms with Gasteiger partial charge in [0, 0.05) is 23.6 Å². The molecule has 2 aromatic carbocycles. The van der Waals surface area contributed by atoms with Crippen LogP contribution in [0.5, 0.6) is 11.5 Å². The highest BCUT2D eigenvalue weighted by Gasteiger charge is 2.34. The SMILES string of the molecule is COc1ccc(S(=O)(=O)N2CCC[C@H](C(=O)Nc3ccc(Br)cc3F)C2)cc1OC. The molecule has 3 rings (SSSR count). The molecule has 2 aromatic rings. The van der Waals surface area contributed by atoms with E-state index in [1.54, 1.807) is 6.07 Å². The van der Waals surface area contributed by atoms with Gasteiger partial charge in [0.05, 0.1) is 30.7 Å². The molecule has 1 saturated heterocycles. The molecule has 162 valence electrons. The van der Waals surface area contributed by atoms with Gasteiger partial charge < -0.3 is 14.8 Å². The number of anilines is 1. The Bertz CT molecular complexity index is 1050. The molecule has 0 aliphatic carbocycles. The summed E-state index contributed by atoms with van der Waals surface area (Å²) in [7, 11) is -0.941. The Labute approximate surface area is 183 Å². The Morgan fingerprint density at radius 3 is 2.57 bits per heavy atom. The smallest absolute Gasteiger partial charge is 0.243 e. The van der Waals surface area contributed by atoms with Crippen molar-refractivity contribution in [3.8, 4) is 11.5 Å². The number of amides is 1. The van der Waals surface area contributed by atoms with Gasteiger partial charge in [-0.25, -0.2) is 12.8 Å². The first kappa shape index (κ1) is 22.5. The van der Waals surface area contributed by atoms with Crippen LogP contribution in [-0.4, -0.2) is 45.9 Å². The summed E-state index contributed by atoms with van der Waals surface area (Å²) in [5.41, 5.74) is 0.0584. The lowest BCUT2D eigenvalue weighted by Crippen LogP contribution is -2.43. The highest BCUT2D eigenvalue weighted by atomic mass is 79.9. The first-order chi connectivity index (χ1) is 14.3. The average molecular weight is 501 g/mol. The van der Waals surface area contributed by atoms with Crippen molar-refractivity contribution in [1.29, 1.82) is 0 Å². The van der Waals surface area contributed by atoms with Gasteiger partial charge >= 0.3 is 0 Å². The van der Waals surface area contributed by atoms with Crippen molar-refractivity contribution in [3.63, 3.8) is 0 Å². The molecule has 30 heavy (non-hydrogen) atoms. The summed E-state index contributed by atoms with van der Waals surface area (Å²) < 4.78 is 52.4. The van der Waals surface area contributed by atoms with E-state index in [4.69, 9.17) is 9.47 Å². The van der Waals surface area contributed by atoms with E-state index < -0.39 is 27.7 Å². The van der Waals surface area contributed by atoms with Crippen LogP contribution in [-0.2, 0) is 14.8 Å². The van der Waals surface area contributed by atoms with Crippen molar-refractivity contribution < 1.29 is 27.1 Å². The second-order valence-corrected chi connectivity index (χ2v) is 9.69. The highest BCUT2D eigenvalue weighted by Crippen LogP contribution is 2.32. The molecule has 1 fully saturated rings. The van der Waals surface area contributed by atoms with Crippen LogP contribution in [0.1, 0.15) is 12.8 Å². The first-order valence-electron chi connectivity index (χ1n) is 9.24. The van der Waals surface area contributed by atoms with E-state index in [2.05, 4.69) is 21.2 Å². The summed E-state index contributed by atoms with van der Waals surface area (Å²) in [6, 6.07) is 8.69. The third kappa shape index (κ3) is 4.76. The maximum absolute atomic E-state index is 14.0. The van der Waals surface area contributed by atoms with Crippen molar-refractivity contribution >= 4 is 37.5 Å². The van der Waals surface area contributed by atoms with Crippen LogP contribution in [0.3, 0.4) is 0 Å². The summed E-state index contributed by atoms with van der Waals surface area (Å²) in [5.74, 6) is -0.844. The van der Waals surface area contributed by atoms with E-state index in [1.807, 2.05) is 0 Å². The fourth-order valence-electron chi connectivity index (χ4n) is 3.33. The number of hydrogen-bond donors (Lipinski definition) is 1. The molecule has 1 amide bonds. The number of carbonyl (C=O) groups excluding carboxylic acids is 1. The van der Waals surface area contributed by atoms with Gasteiger partial charge in [-0.2, -0.15) is 4.31 Å². The van der Waals surface area contributed by atoms with Gasteiger partial charge in [-0.1, -0.05) is 15.9 Å². The van der Waals surface area contributed by atoms with Crippen molar-refractivity contribution in [2.45, 2.75) is 17.7 Å². The van der Waals surface area contributed by atoms with Crippen LogP contribution in [0.15, 0.2) is 45.8 Å². The van der Waals surface area contributed by atoms with Crippen LogP contribution in [0.2, 0.25) is 0 Å². The Kier molecular flexibility index (Phi) is 6.99. The molecule has 10 heteroatoms. The van der Waals surface area contributed by atoms with E-state index in [0.717, 1.165) is 0 Å². The largest absolute Gasteiger partial charge is 0.493 e. The molecule has 1 aliphatic rings. The maximum Gasteiger partial charge on any atom is 0.243 e. The summed E-state index contributed by atoms with van der Waals surface area (Å²) in [4.78, 5) is 12.7. The van der Waals surface area contributed by atoms with Crippen LogP contribution in [0.25, 0.3) is 0 Å². The number of halogens is 2. The van der Waals surface area contributed by atoms with Crippen LogP contribution < -0.4 is 14.8 Å². The van der Waals surface area contributed by atoms with Crippen LogP contribution >= 0.6 is 15.9 Å². The number of sulfonamides is 1. The summed E-state index contributed by atoms with van der Waals surface area (Å²) in [6.07, 6.45) is 1.04. The van der Waals surface area contributed by atoms with E-state index in [9.17, 15) is 17.6 Å². The van der Waals surface area contributed by atoms with Gasteiger partial charge in [0.15, 0.2) is 11.5 Å². The quantitative estimate of drug-likeness (QED) is 0.654. The van der Waals surface area contributed by atoms with Crippen molar-refractivity contribution in [2.75, 3.05) is 32.6 Å². The lowest BCUT2D eigenvalue weighted by atomic mass is 9.98. The number of carbonyl (C=O) groups is 1. The Hall–Kier alpha value is -2.17. The molecular formula is C20H22BrFN2O5S. The Morgan fingerprint density at radius 1 is 1.17 bits per heavy atom. The van der Waals surface area contributed by atoms with E-state index in [0.29, 0.717) is 35.4 Å². The second-order valence-electron chi connectivity index (χ2n) is 6.83. The zero-order valence-corrected chi connectivity index (χ0v) is 18.9. The number of ether oxygens (including phenoxy) is 2. The minimum atomic E-state index is -3.84. The molecule has 1 N–H and O–H groups in total.